The first-order valence-corrected chi connectivity index (χ1v) is 7.89. The Morgan fingerprint density at radius 3 is 2.42 bits per heavy atom. The van der Waals surface area contributed by atoms with Crippen molar-refractivity contribution in [3.05, 3.63) is 16.6 Å². The van der Waals surface area contributed by atoms with Crippen LogP contribution in [0, 0.1) is 5.41 Å². The van der Waals surface area contributed by atoms with Crippen molar-refractivity contribution in [1.82, 2.24) is 14.8 Å². The number of rotatable bonds is 4. The Morgan fingerprint density at radius 1 is 1.26 bits per heavy atom. The van der Waals surface area contributed by atoms with Gasteiger partial charge in [0, 0.05) is 44.6 Å². The van der Waals surface area contributed by atoms with Gasteiger partial charge in [-0.05, 0) is 5.41 Å². The lowest BCUT2D eigenvalue weighted by Gasteiger charge is -2.37. The molecule has 2 rings (SSSR count). The van der Waals surface area contributed by atoms with Gasteiger partial charge in [-0.1, -0.05) is 20.8 Å². The molecule has 1 aliphatic heterocycles. The molecule has 1 fully saturated rings. The molecule has 5 heteroatoms. The Hall–Kier alpha value is -0.490. The summed E-state index contributed by atoms with van der Waals surface area (Å²) in [5.41, 5.74) is 3.04. The van der Waals surface area contributed by atoms with Gasteiger partial charge in [0.25, 0.3) is 0 Å². The maximum Gasteiger partial charge on any atom is 0.0795 e. The zero-order valence-electron chi connectivity index (χ0n) is 12.2. The van der Waals surface area contributed by atoms with Crippen LogP contribution in [0.25, 0.3) is 0 Å². The highest BCUT2D eigenvalue weighted by molar-refractivity contribution is 7.07. The van der Waals surface area contributed by atoms with Crippen LogP contribution in [0.15, 0.2) is 10.9 Å². The zero-order chi connectivity index (χ0) is 13.9. The van der Waals surface area contributed by atoms with E-state index in [1.54, 1.807) is 11.3 Å². The first kappa shape index (κ1) is 14.9. The lowest BCUT2D eigenvalue weighted by molar-refractivity contribution is 0.0124. The summed E-state index contributed by atoms with van der Waals surface area (Å²) in [5.74, 6) is 0. The van der Waals surface area contributed by atoms with Gasteiger partial charge in [0.15, 0.2) is 0 Å². The molecule has 19 heavy (non-hydrogen) atoms. The largest absolute Gasteiger partial charge is 0.391 e. The Bertz CT molecular complexity index is 367. The number of piperazine rings is 1. The van der Waals surface area contributed by atoms with Gasteiger partial charge in [-0.3, -0.25) is 9.80 Å². The lowest BCUT2D eigenvalue weighted by Crippen LogP contribution is -2.49. The van der Waals surface area contributed by atoms with Crippen molar-refractivity contribution in [2.45, 2.75) is 33.4 Å². The Labute approximate surface area is 120 Å². The molecule has 1 aromatic heterocycles. The molecule has 0 saturated carbocycles. The highest BCUT2D eigenvalue weighted by atomic mass is 32.1. The van der Waals surface area contributed by atoms with Crippen molar-refractivity contribution >= 4 is 11.3 Å². The van der Waals surface area contributed by atoms with Gasteiger partial charge >= 0.3 is 0 Å². The van der Waals surface area contributed by atoms with E-state index < -0.39 is 0 Å². The van der Waals surface area contributed by atoms with Gasteiger partial charge in [0.1, 0.15) is 0 Å². The molecule has 1 aliphatic rings. The van der Waals surface area contributed by atoms with Crippen molar-refractivity contribution in [2.75, 3.05) is 32.7 Å². The Kier molecular flexibility index (Phi) is 4.95. The smallest absolute Gasteiger partial charge is 0.0795 e. The molecular weight excluding hydrogens is 258 g/mol. The fourth-order valence-corrected chi connectivity index (χ4v) is 2.74. The molecule has 1 atom stereocenters. The lowest BCUT2D eigenvalue weighted by atomic mass is 9.89. The normalized spacial score (nSPS) is 20.6. The molecule has 0 bridgehead atoms. The van der Waals surface area contributed by atoms with Gasteiger partial charge in [-0.15, -0.1) is 11.3 Å². The molecule has 0 aliphatic carbocycles. The van der Waals surface area contributed by atoms with E-state index in [-0.39, 0.29) is 11.5 Å². The average Bonchev–Trinajstić information content (AvgIpc) is 2.83. The van der Waals surface area contributed by atoms with E-state index in [1.165, 1.54) is 5.69 Å². The second kappa shape index (κ2) is 6.31. The molecule has 2 heterocycles. The second-order valence-electron chi connectivity index (χ2n) is 6.44. The topological polar surface area (TPSA) is 39.6 Å². The summed E-state index contributed by atoms with van der Waals surface area (Å²) in [6.07, 6.45) is -0.252. The van der Waals surface area contributed by atoms with Crippen LogP contribution in [-0.4, -0.2) is 58.7 Å². The summed E-state index contributed by atoms with van der Waals surface area (Å²) in [7, 11) is 0. The summed E-state index contributed by atoms with van der Waals surface area (Å²) >= 11 is 1.66. The average molecular weight is 283 g/mol. The number of β-amino-alcohol motifs (C(OH)–C–C–N with tert-alkyl or cyclic N) is 1. The van der Waals surface area contributed by atoms with Crippen LogP contribution in [0.5, 0.6) is 0 Å². The van der Waals surface area contributed by atoms with Crippen LogP contribution in [0.2, 0.25) is 0 Å². The number of aliphatic hydroxyl groups is 1. The summed E-state index contributed by atoms with van der Waals surface area (Å²) in [6.45, 7) is 12.2. The van der Waals surface area contributed by atoms with Crippen molar-refractivity contribution in [3.8, 4) is 0 Å². The van der Waals surface area contributed by atoms with Gasteiger partial charge in [0.05, 0.1) is 17.3 Å². The van der Waals surface area contributed by atoms with E-state index in [9.17, 15) is 5.11 Å². The van der Waals surface area contributed by atoms with Crippen LogP contribution < -0.4 is 0 Å². The number of aliphatic hydroxyl groups excluding tert-OH is 1. The van der Waals surface area contributed by atoms with Crippen molar-refractivity contribution in [2.24, 2.45) is 5.41 Å². The van der Waals surface area contributed by atoms with E-state index >= 15 is 0 Å². The van der Waals surface area contributed by atoms with Crippen LogP contribution in [0.4, 0.5) is 0 Å². The summed E-state index contributed by atoms with van der Waals surface area (Å²) < 4.78 is 0. The van der Waals surface area contributed by atoms with Gasteiger partial charge in [-0.25, -0.2) is 4.98 Å². The highest BCUT2D eigenvalue weighted by Gasteiger charge is 2.26. The van der Waals surface area contributed by atoms with Crippen LogP contribution >= 0.6 is 11.3 Å². The third kappa shape index (κ3) is 4.53. The maximum absolute atomic E-state index is 10.1. The van der Waals surface area contributed by atoms with Gasteiger partial charge < -0.3 is 5.11 Å². The fourth-order valence-electron chi connectivity index (χ4n) is 2.19. The molecule has 1 N–H and O–H groups in total. The molecule has 0 unspecified atom stereocenters. The van der Waals surface area contributed by atoms with Crippen molar-refractivity contribution < 1.29 is 5.11 Å². The summed E-state index contributed by atoms with van der Waals surface area (Å²) in [6, 6.07) is 0. The number of hydrogen-bond donors (Lipinski definition) is 1. The molecule has 1 aromatic rings. The number of aromatic nitrogens is 1. The van der Waals surface area contributed by atoms with Crippen molar-refractivity contribution in [3.63, 3.8) is 0 Å². The van der Waals surface area contributed by atoms with E-state index in [0.29, 0.717) is 0 Å². The molecule has 108 valence electrons. The molecule has 0 radical (unpaired) electrons. The predicted octanol–water partition coefficient (Wildman–Crippen LogP) is 1.67. The fraction of sp³-hybridized carbons (Fsp3) is 0.786. The highest BCUT2D eigenvalue weighted by Crippen LogP contribution is 2.20. The minimum Gasteiger partial charge on any atom is -0.391 e. The summed E-state index contributed by atoms with van der Waals surface area (Å²) in [4.78, 5) is 9.14. The second-order valence-corrected chi connectivity index (χ2v) is 7.16. The Morgan fingerprint density at radius 2 is 1.89 bits per heavy atom. The van der Waals surface area contributed by atoms with E-state index in [4.69, 9.17) is 0 Å². The van der Waals surface area contributed by atoms with E-state index in [2.05, 4.69) is 40.9 Å². The van der Waals surface area contributed by atoms with Crippen LogP contribution in [0.3, 0.4) is 0 Å². The van der Waals surface area contributed by atoms with Crippen molar-refractivity contribution in [1.29, 1.82) is 0 Å². The van der Waals surface area contributed by atoms with E-state index in [1.807, 2.05) is 5.51 Å². The molecule has 0 aromatic carbocycles. The predicted molar refractivity (Wildman–Crippen MR) is 79.3 cm³/mol. The van der Waals surface area contributed by atoms with Gasteiger partial charge in [0.2, 0.25) is 0 Å². The van der Waals surface area contributed by atoms with Crippen LogP contribution in [0.1, 0.15) is 26.5 Å². The molecule has 0 amide bonds. The third-order valence-electron chi connectivity index (χ3n) is 3.76. The molecule has 1 saturated heterocycles. The first-order chi connectivity index (χ1) is 8.95. The number of hydrogen-bond acceptors (Lipinski definition) is 5. The molecular formula is C14H25N3OS. The maximum atomic E-state index is 10.1. The number of nitrogens with zero attached hydrogens (tertiary/aromatic N) is 3. The standard InChI is InChI=1S/C14H25N3OS/c1-14(2,3)13(18)9-17-6-4-16(5-7-17)8-12-10-19-11-15-12/h10-11,13,18H,4-9H2,1-3H3/t13-/m0/s1. The first-order valence-electron chi connectivity index (χ1n) is 6.95. The quantitative estimate of drug-likeness (QED) is 0.912. The Balaban J connectivity index is 1.73. The number of thiazole rings is 1. The molecule has 4 nitrogen and oxygen atoms in total. The minimum absolute atomic E-state index is 0.0300. The van der Waals surface area contributed by atoms with Crippen LogP contribution in [-0.2, 0) is 6.54 Å². The van der Waals surface area contributed by atoms with E-state index in [0.717, 1.165) is 39.3 Å². The summed E-state index contributed by atoms with van der Waals surface area (Å²) in [5, 5.41) is 12.3. The molecule has 0 spiro atoms. The van der Waals surface area contributed by atoms with Gasteiger partial charge in [-0.2, -0.15) is 0 Å². The monoisotopic (exact) mass is 283 g/mol. The third-order valence-corrected chi connectivity index (χ3v) is 4.40. The minimum atomic E-state index is -0.252. The SMILES string of the molecule is CC(C)(C)[C@@H](O)CN1CCN(Cc2cscn2)CC1. The zero-order valence-corrected chi connectivity index (χ0v) is 13.0.